The molecule has 2 fully saturated rings. The molecule has 0 amide bonds. The first-order chi connectivity index (χ1) is 12.4. The van der Waals surface area contributed by atoms with E-state index in [4.69, 9.17) is 5.73 Å². The molecule has 9 nitrogen and oxygen atoms in total. The smallest absolute Gasteiger partial charge is 0.225 e. The van der Waals surface area contributed by atoms with Crippen molar-refractivity contribution in [2.24, 2.45) is 10.7 Å². The van der Waals surface area contributed by atoms with Gasteiger partial charge < -0.3 is 15.5 Å². The lowest BCUT2D eigenvalue weighted by Crippen LogP contribution is -2.52. The number of nitrogens with two attached hydrogens (primary N) is 1. The summed E-state index contributed by atoms with van der Waals surface area (Å²) in [5, 5.41) is 0. The topological polar surface area (TPSA) is 108 Å². The summed E-state index contributed by atoms with van der Waals surface area (Å²) in [5.74, 6) is 1.21. The Morgan fingerprint density at radius 2 is 1.88 bits per heavy atom. The first kappa shape index (κ1) is 18.8. The molecule has 10 heteroatoms. The van der Waals surface area contributed by atoms with Gasteiger partial charge in [0, 0.05) is 51.2 Å². The second kappa shape index (κ2) is 8.17. The van der Waals surface area contributed by atoms with Crippen LogP contribution >= 0.6 is 0 Å². The van der Waals surface area contributed by atoms with Crippen LogP contribution in [0.5, 0.6) is 0 Å². The maximum absolute atomic E-state index is 11.9. The number of hydrogen-bond acceptors (Lipinski definition) is 6. The molecule has 2 aliphatic rings. The van der Waals surface area contributed by atoms with Crippen LogP contribution in [0.25, 0.3) is 0 Å². The molecular formula is C16H27N7O2S. The second-order valence-corrected chi connectivity index (χ2v) is 8.68. The molecule has 0 spiro atoms. The zero-order chi connectivity index (χ0) is 18.6. The Morgan fingerprint density at radius 3 is 2.54 bits per heavy atom. The lowest BCUT2D eigenvalue weighted by Gasteiger charge is -2.36. The summed E-state index contributed by atoms with van der Waals surface area (Å²) in [6, 6.07) is 1.71. The summed E-state index contributed by atoms with van der Waals surface area (Å²) in [5.41, 5.74) is 6.16. The van der Waals surface area contributed by atoms with E-state index in [1.54, 1.807) is 22.8 Å². The summed E-state index contributed by atoms with van der Waals surface area (Å²) in [6.45, 7) is 4.04. The Kier molecular flexibility index (Phi) is 5.92. The lowest BCUT2D eigenvalue weighted by atomic mass is 10.1. The van der Waals surface area contributed by atoms with Crippen LogP contribution in [0.15, 0.2) is 23.5 Å². The normalized spacial score (nSPS) is 23.3. The number of nitrogens with zero attached hydrogens (tertiary/aromatic N) is 6. The molecule has 0 bridgehead atoms. The van der Waals surface area contributed by atoms with Crippen LogP contribution in [0.2, 0.25) is 0 Å². The van der Waals surface area contributed by atoms with Crippen molar-refractivity contribution in [1.82, 2.24) is 19.2 Å². The Balaban J connectivity index is 1.55. The number of rotatable bonds is 4. The Morgan fingerprint density at radius 1 is 1.19 bits per heavy atom. The number of piperazine rings is 1. The van der Waals surface area contributed by atoms with Crippen LogP contribution in [-0.2, 0) is 10.0 Å². The molecule has 1 atom stereocenters. The summed E-state index contributed by atoms with van der Waals surface area (Å²) >= 11 is 0. The van der Waals surface area contributed by atoms with Gasteiger partial charge in [0.05, 0.1) is 12.8 Å². The van der Waals surface area contributed by atoms with E-state index < -0.39 is 10.0 Å². The van der Waals surface area contributed by atoms with Crippen molar-refractivity contribution in [2.45, 2.75) is 25.3 Å². The molecule has 3 rings (SSSR count). The van der Waals surface area contributed by atoms with Gasteiger partial charge in [0.2, 0.25) is 16.0 Å². The van der Waals surface area contributed by atoms with Crippen LogP contribution in [-0.4, -0.2) is 85.1 Å². The monoisotopic (exact) mass is 381 g/mol. The van der Waals surface area contributed by atoms with Gasteiger partial charge in [-0.15, -0.1) is 0 Å². The number of guanidine groups is 1. The Hall–Kier alpha value is -1.94. The fraction of sp³-hybridized carbons (Fsp3) is 0.688. The highest BCUT2D eigenvalue weighted by Gasteiger charge is 2.29. The highest BCUT2D eigenvalue weighted by Crippen LogP contribution is 2.20. The number of anilines is 1. The lowest BCUT2D eigenvalue weighted by molar-refractivity contribution is 0.258. The molecule has 0 aromatic carbocycles. The van der Waals surface area contributed by atoms with Crippen LogP contribution in [0.1, 0.15) is 19.3 Å². The molecule has 144 valence electrons. The van der Waals surface area contributed by atoms with Crippen molar-refractivity contribution < 1.29 is 8.42 Å². The van der Waals surface area contributed by atoms with E-state index in [-0.39, 0.29) is 6.04 Å². The molecule has 0 aliphatic carbocycles. The minimum atomic E-state index is -3.20. The molecule has 3 heterocycles. The first-order valence-electron chi connectivity index (χ1n) is 8.99. The van der Waals surface area contributed by atoms with Crippen molar-refractivity contribution in [1.29, 1.82) is 0 Å². The maximum atomic E-state index is 11.9. The van der Waals surface area contributed by atoms with Gasteiger partial charge in [0.1, 0.15) is 0 Å². The quantitative estimate of drug-likeness (QED) is 0.565. The van der Waals surface area contributed by atoms with Gasteiger partial charge in [0.15, 0.2) is 5.96 Å². The predicted octanol–water partition coefficient (Wildman–Crippen LogP) is -0.273. The van der Waals surface area contributed by atoms with Crippen molar-refractivity contribution in [2.75, 3.05) is 50.4 Å². The fourth-order valence-corrected chi connectivity index (χ4v) is 4.66. The number of hydrogen-bond donors (Lipinski definition) is 1. The molecule has 2 aliphatic heterocycles. The van der Waals surface area contributed by atoms with Gasteiger partial charge in [-0.25, -0.2) is 18.4 Å². The molecular weight excluding hydrogens is 354 g/mol. The first-order valence-corrected chi connectivity index (χ1v) is 10.8. The Bertz CT molecular complexity index is 717. The zero-order valence-electron chi connectivity index (χ0n) is 15.2. The van der Waals surface area contributed by atoms with E-state index in [1.165, 1.54) is 6.26 Å². The van der Waals surface area contributed by atoms with Gasteiger partial charge in [-0.1, -0.05) is 6.42 Å². The zero-order valence-corrected chi connectivity index (χ0v) is 16.0. The van der Waals surface area contributed by atoms with Crippen molar-refractivity contribution in [3.8, 4) is 0 Å². The molecule has 2 saturated heterocycles. The van der Waals surface area contributed by atoms with Crippen LogP contribution < -0.4 is 10.6 Å². The third kappa shape index (κ3) is 4.61. The van der Waals surface area contributed by atoms with E-state index >= 15 is 0 Å². The van der Waals surface area contributed by atoms with Gasteiger partial charge in [0.25, 0.3) is 0 Å². The summed E-state index contributed by atoms with van der Waals surface area (Å²) in [4.78, 5) is 17.2. The summed E-state index contributed by atoms with van der Waals surface area (Å²) in [6.07, 6.45) is 7.52. The van der Waals surface area contributed by atoms with E-state index in [0.717, 1.165) is 51.4 Å². The summed E-state index contributed by atoms with van der Waals surface area (Å²) < 4.78 is 25.4. The van der Waals surface area contributed by atoms with Crippen molar-refractivity contribution in [3.05, 3.63) is 18.5 Å². The molecule has 0 saturated carbocycles. The van der Waals surface area contributed by atoms with Crippen molar-refractivity contribution in [3.63, 3.8) is 0 Å². The average Bonchev–Trinajstić information content (AvgIpc) is 2.66. The second-order valence-electron chi connectivity index (χ2n) is 6.75. The third-order valence-corrected chi connectivity index (χ3v) is 6.23. The highest BCUT2D eigenvalue weighted by molar-refractivity contribution is 7.88. The van der Waals surface area contributed by atoms with E-state index in [9.17, 15) is 8.42 Å². The van der Waals surface area contributed by atoms with Gasteiger partial charge >= 0.3 is 0 Å². The highest BCUT2D eigenvalue weighted by atomic mass is 32.2. The molecule has 1 aromatic heterocycles. The van der Waals surface area contributed by atoms with Gasteiger partial charge in [-0.3, -0.25) is 4.99 Å². The van der Waals surface area contributed by atoms with E-state index in [1.807, 2.05) is 4.90 Å². The number of sulfonamides is 1. The molecule has 2 N–H and O–H groups in total. The molecule has 26 heavy (non-hydrogen) atoms. The van der Waals surface area contributed by atoms with Crippen LogP contribution in [0.4, 0.5) is 5.95 Å². The largest absolute Gasteiger partial charge is 0.370 e. The molecule has 0 radical (unpaired) electrons. The average molecular weight is 382 g/mol. The number of piperidine rings is 1. The third-order valence-electron chi connectivity index (χ3n) is 4.90. The minimum absolute atomic E-state index is 0.0868. The molecule has 1 aromatic rings. The van der Waals surface area contributed by atoms with Crippen molar-refractivity contribution >= 4 is 21.9 Å². The Labute approximate surface area is 155 Å². The van der Waals surface area contributed by atoms with Crippen LogP contribution in [0, 0.1) is 0 Å². The van der Waals surface area contributed by atoms with E-state index in [0.29, 0.717) is 19.0 Å². The number of aromatic nitrogens is 2. The maximum Gasteiger partial charge on any atom is 0.225 e. The minimum Gasteiger partial charge on any atom is -0.370 e. The van der Waals surface area contributed by atoms with Gasteiger partial charge in [-0.2, -0.15) is 4.31 Å². The summed E-state index contributed by atoms with van der Waals surface area (Å²) in [7, 11) is -3.20. The van der Waals surface area contributed by atoms with Gasteiger partial charge in [-0.05, 0) is 18.9 Å². The standard InChI is InChI=1S/C16H27N7O2S/c1-26(24,25)23-8-3-2-5-14(23)13-20-15(17)21-9-11-22(12-10-21)16-18-6-4-7-19-16/h4,6-7,14H,2-3,5,8-13H2,1H3,(H2,17,20). The molecule has 1 unspecified atom stereocenters. The predicted molar refractivity (Wildman–Crippen MR) is 101 cm³/mol. The van der Waals surface area contributed by atoms with Crippen LogP contribution in [0.3, 0.4) is 0 Å². The number of aliphatic imine (C=N–C) groups is 1. The van der Waals surface area contributed by atoms with E-state index in [2.05, 4.69) is 19.9 Å². The fourth-order valence-electron chi connectivity index (χ4n) is 3.48. The SMILES string of the molecule is CS(=O)(=O)N1CCCCC1CN=C(N)N1CCN(c2ncccn2)CC1.